The molecule has 0 aliphatic heterocycles. The Hall–Kier alpha value is -0.260. The molecule has 0 saturated heterocycles. The van der Waals surface area contributed by atoms with E-state index in [1.807, 2.05) is 17.5 Å². The van der Waals surface area contributed by atoms with Crippen LogP contribution in [0, 0.1) is 0 Å². The van der Waals surface area contributed by atoms with Gasteiger partial charge in [-0.3, -0.25) is 0 Å². The first-order valence-electron chi connectivity index (χ1n) is 5.34. The van der Waals surface area contributed by atoms with E-state index < -0.39 is 0 Å². The molecular weight excluding hydrogens is 279 g/mol. The van der Waals surface area contributed by atoms with Gasteiger partial charge in [0.1, 0.15) is 11.6 Å². The van der Waals surface area contributed by atoms with Crippen molar-refractivity contribution in [1.82, 2.24) is 4.98 Å². The standard InChI is InChI=1S/C8H9ClN2.C4H4OS.Na/c9-7-2-1-5-10-8(7)11-6-3-4-6;5-4-1-2-6-3-4;/h1-2,5-6H,3-4H2,(H,10,11);1-3,5H;. The number of hydrogen-bond donors (Lipinski definition) is 2. The summed E-state index contributed by atoms with van der Waals surface area (Å²) in [4.78, 5) is 4.12. The van der Waals surface area contributed by atoms with Gasteiger partial charge in [0, 0.05) is 47.2 Å². The summed E-state index contributed by atoms with van der Waals surface area (Å²) in [6, 6.07) is 5.95. The van der Waals surface area contributed by atoms with Gasteiger partial charge in [0.2, 0.25) is 0 Å². The van der Waals surface area contributed by atoms with E-state index >= 15 is 0 Å². The molecule has 0 bridgehead atoms. The zero-order valence-electron chi connectivity index (χ0n) is 10.1. The predicted octanol–water partition coefficient (Wildman–Crippen LogP) is 3.38. The molecule has 6 heteroatoms. The van der Waals surface area contributed by atoms with Crippen LogP contribution in [0.25, 0.3) is 0 Å². The molecule has 3 nitrogen and oxygen atoms in total. The number of hydrogen-bond acceptors (Lipinski definition) is 4. The van der Waals surface area contributed by atoms with E-state index in [9.17, 15) is 0 Å². The van der Waals surface area contributed by atoms with Crippen molar-refractivity contribution in [2.24, 2.45) is 0 Å². The first kappa shape index (κ1) is 15.8. The van der Waals surface area contributed by atoms with Gasteiger partial charge in [-0.2, -0.15) is 0 Å². The van der Waals surface area contributed by atoms with Crippen molar-refractivity contribution < 1.29 is 5.11 Å². The minimum atomic E-state index is 0. The molecule has 18 heavy (non-hydrogen) atoms. The maximum absolute atomic E-state index is 8.48. The SMILES string of the molecule is Clc1cccnc1NC1CC1.Oc1ccsc1.[Na]. The van der Waals surface area contributed by atoms with Crippen LogP contribution in [0.3, 0.4) is 0 Å². The van der Waals surface area contributed by atoms with Crippen molar-refractivity contribution in [3.63, 3.8) is 0 Å². The van der Waals surface area contributed by atoms with Gasteiger partial charge in [0.25, 0.3) is 0 Å². The Morgan fingerprint density at radius 1 is 1.39 bits per heavy atom. The van der Waals surface area contributed by atoms with E-state index in [1.54, 1.807) is 17.6 Å². The Morgan fingerprint density at radius 3 is 2.61 bits per heavy atom. The van der Waals surface area contributed by atoms with Crippen LogP contribution in [-0.2, 0) is 0 Å². The van der Waals surface area contributed by atoms with Gasteiger partial charge in [0.15, 0.2) is 0 Å². The second-order valence-corrected chi connectivity index (χ2v) is 4.92. The van der Waals surface area contributed by atoms with Crippen LogP contribution in [0.1, 0.15) is 12.8 Å². The average molecular weight is 292 g/mol. The molecule has 1 saturated carbocycles. The van der Waals surface area contributed by atoms with Gasteiger partial charge >= 0.3 is 0 Å². The molecule has 0 unspecified atom stereocenters. The fourth-order valence-corrected chi connectivity index (χ4v) is 1.86. The van der Waals surface area contributed by atoms with Crippen molar-refractivity contribution in [3.05, 3.63) is 40.2 Å². The van der Waals surface area contributed by atoms with Gasteiger partial charge in [0.05, 0.1) is 5.02 Å². The van der Waals surface area contributed by atoms with Crippen molar-refractivity contribution in [3.8, 4) is 5.75 Å². The predicted molar refractivity (Wildman–Crippen MR) is 77.6 cm³/mol. The van der Waals surface area contributed by atoms with Gasteiger partial charge < -0.3 is 10.4 Å². The van der Waals surface area contributed by atoms with Crippen molar-refractivity contribution in [2.75, 3.05) is 5.32 Å². The maximum atomic E-state index is 8.48. The Morgan fingerprint density at radius 2 is 2.17 bits per heavy atom. The van der Waals surface area contributed by atoms with Crippen LogP contribution in [0.15, 0.2) is 35.2 Å². The van der Waals surface area contributed by atoms with Gasteiger partial charge in [-0.15, -0.1) is 11.3 Å². The summed E-state index contributed by atoms with van der Waals surface area (Å²) in [7, 11) is 0. The molecule has 1 radical (unpaired) electrons. The molecule has 1 fully saturated rings. The Labute approximate surface area is 138 Å². The first-order valence-corrected chi connectivity index (χ1v) is 6.66. The summed E-state index contributed by atoms with van der Waals surface area (Å²) < 4.78 is 0. The Bertz CT molecular complexity index is 463. The zero-order chi connectivity index (χ0) is 12.1. The summed E-state index contributed by atoms with van der Waals surface area (Å²) in [5, 5.41) is 15.9. The number of anilines is 1. The fourth-order valence-electron chi connectivity index (χ4n) is 1.17. The zero-order valence-corrected chi connectivity index (χ0v) is 13.7. The molecular formula is C12H13ClN2NaOS. The molecule has 0 atom stereocenters. The number of nitrogens with zero attached hydrogens (tertiary/aromatic N) is 1. The molecule has 1 aliphatic carbocycles. The van der Waals surface area contributed by atoms with Crippen LogP contribution in [-0.4, -0.2) is 45.7 Å². The van der Waals surface area contributed by atoms with Crippen molar-refractivity contribution >= 4 is 58.3 Å². The van der Waals surface area contributed by atoms with Gasteiger partial charge in [-0.1, -0.05) is 11.6 Å². The summed E-state index contributed by atoms with van der Waals surface area (Å²) >= 11 is 7.36. The first-order chi connectivity index (χ1) is 8.25. The number of thiophene rings is 1. The van der Waals surface area contributed by atoms with E-state index in [1.165, 1.54) is 24.2 Å². The second kappa shape index (κ2) is 8.02. The largest absolute Gasteiger partial charge is 0.507 e. The summed E-state index contributed by atoms with van der Waals surface area (Å²) in [6.07, 6.45) is 4.23. The van der Waals surface area contributed by atoms with Crippen molar-refractivity contribution in [1.29, 1.82) is 0 Å². The number of pyridine rings is 1. The molecule has 2 aromatic rings. The molecule has 91 valence electrons. The number of aromatic hydroxyl groups is 1. The molecule has 2 heterocycles. The Balaban J connectivity index is 0.000000199. The topological polar surface area (TPSA) is 45.2 Å². The molecule has 0 spiro atoms. The molecule has 2 N–H and O–H groups in total. The van der Waals surface area contributed by atoms with E-state index in [0.717, 1.165) is 5.82 Å². The molecule has 0 amide bonds. The molecule has 3 rings (SSSR count). The normalized spacial score (nSPS) is 12.9. The third-order valence-corrected chi connectivity index (χ3v) is 3.16. The number of nitrogens with one attached hydrogen (secondary N) is 1. The third kappa shape index (κ3) is 5.59. The molecule has 1 aliphatic rings. The molecule has 0 aromatic carbocycles. The molecule has 2 aromatic heterocycles. The van der Waals surface area contributed by atoms with Crippen LogP contribution in [0.2, 0.25) is 5.02 Å². The number of halogens is 1. The third-order valence-electron chi connectivity index (χ3n) is 2.18. The van der Waals surface area contributed by atoms with E-state index in [-0.39, 0.29) is 29.6 Å². The smallest absolute Gasteiger partial charge is 0.144 e. The maximum Gasteiger partial charge on any atom is 0.144 e. The van der Waals surface area contributed by atoms with E-state index in [4.69, 9.17) is 16.7 Å². The van der Waals surface area contributed by atoms with Gasteiger partial charge in [-0.25, -0.2) is 4.98 Å². The van der Waals surface area contributed by atoms with Crippen LogP contribution in [0.5, 0.6) is 5.75 Å². The number of rotatable bonds is 2. The van der Waals surface area contributed by atoms with Crippen LogP contribution in [0.4, 0.5) is 5.82 Å². The second-order valence-electron chi connectivity index (χ2n) is 3.73. The van der Waals surface area contributed by atoms with Crippen LogP contribution < -0.4 is 5.32 Å². The van der Waals surface area contributed by atoms with E-state index in [0.29, 0.717) is 16.8 Å². The average Bonchev–Trinajstić information content (AvgIpc) is 3.02. The fraction of sp³-hybridized carbons (Fsp3) is 0.250. The minimum Gasteiger partial charge on any atom is -0.507 e. The monoisotopic (exact) mass is 291 g/mol. The minimum absolute atomic E-state index is 0. The summed E-state index contributed by atoms with van der Waals surface area (Å²) in [5.41, 5.74) is 0. The van der Waals surface area contributed by atoms with Gasteiger partial charge in [-0.05, 0) is 36.4 Å². The van der Waals surface area contributed by atoms with Crippen molar-refractivity contribution in [2.45, 2.75) is 18.9 Å². The summed E-state index contributed by atoms with van der Waals surface area (Å²) in [5.74, 6) is 1.18. The number of aromatic nitrogens is 1. The Kier molecular flexibility index (Phi) is 7.04. The summed E-state index contributed by atoms with van der Waals surface area (Å²) in [6.45, 7) is 0. The van der Waals surface area contributed by atoms with E-state index in [2.05, 4.69) is 10.3 Å². The quantitative estimate of drug-likeness (QED) is 0.834. The van der Waals surface area contributed by atoms with Crippen LogP contribution >= 0.6 is 22.9 Å².